The molecule has 6 nitrogen and oxygen atoms in total. The van der Waals surface area contributed by atoms with E-state index in [2.05, 4.69) is 36.5 Å². The number of amides is 2. The predicted molar refractivity (Wildman–Crippen MR) is 138 cm³/mol. The molecule has 188 valence electrons. The molecule has 35 heavy (non-hydrogen) atoms. The van der Waals surface area contributed by atoms with Crippen molar-refractivity contribution in [1.82, 2.24) is 20.0 Å². The lowest BCUT2D eigenvalue weighted by atomic mass is 9.89. The molecule has 0 radical (unpaired) electrons. The van der Waals surface area contributed by atoms with Gasteiger partial charge in [-0.3, -0.25) is 14.3 Å². The maximum Gasteiger partial charge on any atom is 0.273 e. The summed E-state index contributed by atoms with van der Waals surface area (Å²) in [6, 6.07) is 10.6. The van der Waals surface area contributed by atoms with Crippen LogP contribution in [0.3, 0.4) is 0 Å². The Morgan fingerprint density at radius 1 is 1.00 bits per heavy atom. The molecule has 1 N–H and O–H groups in total. The summed E-state index contributed by atoms with van der Waals surface area (Å²) < 4.78 is 1.79. The smallest absolute Gasteiger partial charge is 0.273 e. The minimum Gasteiger partial charge on any atom is -0.351 e. The largest absolute Gasteiger partial charge is 0.351 e. The van der Waals surface area contributed by atoms with Crippen LogP contribution in [-0.2, 0) is 17.8 Å². The third-order valence-electron chi connectivity index (χ3n) is 8.48. The molecule has 6 heteroatoms. The minimum absolute atomic E-state index is 0.0167. The summed E-state index contributed by atoms with van der Waals surface area (Å²) in [7, 11) is 0. The number of hydrogen-bond donors (Lipinski definition) is 1. The number of aryl methyl sites for hydroxylation is 1. The molecule has 2 aliphatic carbocycles. The van der Waals surface area contributed by atoms with E-state index in [1.165, 1.54) is 24.8 Å². The first kappa shape index (κ1) is 24.1. The highest BCUT2D eigenvalue weighted by Crippen LogP contribution is 2.36. The SMILES string of the molecule is CCc1ccc(-c2cc3n(n2)C[C@@](C)(C(=O)NC2CCCCC2)N(C2CCCCCC2)C3=O)cc1. The molecule has 3 aliphatic rings. The molecular formula is C29H40N4O2. The number of aromatic nitrogens is 2. The first-order chi connectivity index (χ1) is 17.0. The zero-order valence-corrected chi connectivity index (χ0v) is 21.4. The molecule has 0 bridgehead atoms. The van der Waals surface area contributed by atoms with Crippen LogP contribution in [0.5, 0.6) is 0 Å². The second-order valence-corrected chi connectivity index (χ2v) is 11.0. The Kier molecular flexibility index (Phi) is 6.99. The lowest BCUT2D eigenvalue weighted by Gasteiger charge is -2.47. The fourth-order valence-corrected chi connectivity index (χ4v) is 6.33. The summed E-state index contributed by atoms with van der Waals surface area (Å²) >= 11 is 0. The normalized spacial score (nSPS) is 24.2. The van der Waals surface area contributed by atoms with Gasteiger partial charge in [-0.15, -0.1) is 0 Å². The Morgan fingerprint density at radius 3 is 2.29 bits per heavy atom. The Morgan fingerprint density at radius 2 is 1.63 bits per heavy atom. The first-order valence-electron chi connectivity index (χ1n) is 13.8. The Labute approximate surface area is 209 Å². The first-order valence-corrected chi connectivity index (χ1v) is 13.8. The fraction of sp³-hybridized carbons (Fsp3) is 0.621. The summed E-state index contributed by atoms with van der Waals surface area (Å²) in [6.45, 7) is 4.51. The van der Waals surface area contributed by atoms with Gasteiger partial charge in [-0.25, -0.2) is 0 Å². The van der Waals surface area contributed by atoms with Gasteiger partial charge in [0.25, 0.3) is 5.91 Å². The summed E-state index contributed by atoms with van der Waals surface area (Å²) in [6.07, 6.45) is 13.2. The van der Waals surface area contributed by atoms with Crippen molar-refractivity contribution >= 4 is 11.8 Å². The van der Waals surface area contributed by atoms with Gasteiger partial charge in [0, 0.05) is 17.6 Å². The molecule has 2 heterocycles. The van der Waals surface area contributed by atoms with Crippen LogP contribution < -0.4 is 5.32 Å². The van der Waals surface area contributed by atoms with Gasteiger partial charge in [0.05, 0.1) is 12.2 Å². The summed E-state index contributed by atoms with van der Waals surface area (Å²) in [5.74, 6) is -0.0645. The van der Waals surface area contributed by atoms with Gasteiger partial charge >= 0.3 is 0 Å². The number of rotatable bonds is 5. The van der Waals surface area contributed by atoms with Gasteiger partial charge in [0.15, 0.2) is 0 Å². The third kappa shape index (κ3) is 4.76. The Bertz CT molecular complexity index is 1050. The standard InChI is InChI=1S/C29H40N4O2/c1-3-21-15-17-22(18-16-21)25-19-26-27(34)33(24-13-9-4-5-10-14-24)29(2,20-32(26)31-25)28(35)30-23-11-7-6-8-12-23/h15-19,23-24H,3-14,20H2,1-2H3,(H,30,35)/t29-/m0/s1. The van der Waals surface area contributed by atoms with Crippen LogP contribution in [-0.4, -0.2) is 44.1 Å². The van der Waals surface area contributed by atoms with E-state index in [0.29, 0.717) is 12.2 Å². The van der Waals surface area contributed by atoms with Gasteiger partial charge in [0.2, 0.25) is 5.91 Å². The van der Waals surface area contributed by atoms with Crippen molar-refractivity contribution < 1.29 is 9.59 Å². The lowest BCUT2D eigenvalue weighted by Crippen LogP contribution is -2.67. The Hall–Kier alpha value is -2.63. The van der Waals surface area contributed by atoms with E-state index in [0.717, 1.165) is 69.0 Å². The molecule has 0 saturated heterocycles. The van der Waals surface area contributed by atoms with Crippen molar-refractivity contribution in [3.05, 3.63) is 41.6 Å². The molecule has 5 rings (SSSR count). The number of nitrogens with zero attached hydrogens (tertiary/aromatic N) is 3. The van der Waals surface area contributed by atoms with Crippen LogP contribution in [0.4, 0.5) is 0 Å². The van der Waals surface area contributed by atoms with Crippen molar-refractivity contribution in [2.45, 2.75) is 115 Å². The number of hydrogen-bond acceptors (Lipinski definition) is 3. The van der Waals surface area contributed by atoms with Gasteiger partial charge in [0.1, 0.15) is 11.2 Å². The third-order valence-corrected chi connectivity index (χ3v) is 8.48. The molecule has 1 atom stereocenters. The molecule has 2 fully saturated rings. The molecule has 2 saturated carbocycles. The quantitative estimate of drug-likeness (QED) is 0.580. The molecule has 1 aliphatic heterocycles. The van der Waals surface area contributed by atoms with Crippen LogP contribution >= 0.6 is 0 Å². The van der Waals surface area contributed by atoms with Crippen molar-refractivity contribution in [1.29, 1.82) is 0 Å². The average molecular weight is 477 g/mol. The molecule has 0 spiro atoms. The zero-order chi connectivity index (χ0) is 24.4. The van der Waals surface area contributed by atoms with Gasteiger partial charge in [-0.05, 0) is 50.7 Å². The number of nitrogens with one attached hydrogen (secondary N) is 1. The summed E-state index contributed by atoms with van der Waals surface area (Å²) in [4.78, 5) is 29.9. The van der Waals surface area contributed by atoms with Gasteiger partial charge < -0.3 is 10.2 Å². The highest BCUT2D eigenvalue weighted by Gasteiger charge is 2.51. The van der Waals surface area contributed by atoms with Crippen LogP contribution in [0.15, 0.2) is 30.3 Å². The van der Waals surface area contributed by atoms with Crippen molar-refractivity contribution in [2.24, 2.45) is 0 Å². The monoisotopic (exact) mass is 476 g/mol. The average Bonchev–Trinajstić information content (AvgIpc) is 3.12. The summed E-state index contributed by atoms with van der Waals surface area (Å²) in [5, 5.41) is 8.18. The van der Waals surface area contributed by atoms with E-state index in [9.17, 15) is 9.59 Å². The second kappa shape index (κ2) is 10.2. The van der Waals surface area contributed by atoms with Crippen molar-refractivity contribution in [3.8, 4) is 11.3 Å². The van der Waals surface area contributed by atoms with E-state index >= 15 is 0 Å². The molecule has 2 amide bonds. The lowest BCUT2D eigenvalue weighted by molar-refractivity contribution is -0.135. The number of carbonyl (C=O) groups is 2. The van der Waals surface area contributed by atoms with Crippen molar-refractivity contribution in [2.75, 3.05) is 0 Å². The second-order valence-electron chi connectivity index (χ2n) is 11.0. The van der Waals surface area contributed by atoms with E-state index < -0.39 is 5.54 Å². The minimum atomic E-state index is -0.939. The summed E-state index contributed by atoms with van der Waals surface area (Å²) in [5.41, 5.74) is 2.75. The van der Waals surface area contributed by atoms with Crippen LogP contribution in [0.25, 0.3) is 11.3 Å². The molecule has 2 aromatic rings. The van der Waals surface area contributed by atoms with E-state index in [4.69, 9.17) is 5.10 Å². The highest BCUT2D eigenvalue weighted by atomic mass is 16.2. The van der Waals surface area contributed by atoms with Gasteiger partial charge in [-0.2, -0.15) is 5.10 Å². The fourth-order valence-electron chi connectivity index (χ4n) is 6.33. The maximum atomic E-state index is 14.1. The molecule has 1 aromatic carbocycles. The van der Waals surface area contributed by atoms with Crippen LogP contribution in [0.2, 0.25) is 0 Å². The van der Waals surface area contributed by atoms with E-state index in [1.54, 1.807) is 4.68 Å². The Balaban J connectivity index is 1.49. The van der Waals surface area contributed by atoms with Crippen LogP contribution in [0.1, 0.15) is 101 Å². The van der Waals surface area contributed by atoms with E-state index in [-0.39, 0.29) is 23.9 Å². The predicted octanol–water partition coefficient (Wildman–Crippen LogP) is 5.50. The number of carbonyl (C=O) groups excluding carboxylic acids is 2. The van der Waals surface area contributed by atoms with Gasteiger partial charge in [-0.1, -0.05) is 76.1 Å². The number of benzene rings is 1. The molecule has 0 unspecified atom stereocenters. The zero-order valence-electron chi connectivity index (χ0n) is 21.4. The number of fused-ring (bicyclic) bond motifs is 1. The topological polar surface area (TPSA) is 67.2 Å². The molecule has 1 aromatic heterocycles. The highest BCUT2D eigenvalue weighted by molar-refractivity contribution is 6.00. The molecular weight excluding hydrogens is 436 g/mol. The van der Waals surface area contributed by atoms with Crippen LogP contribution in [0, 0.1) is 0 Å². The van der Waals surface area contributed by atoms with Crippen molar-refractivity contribution in [3.63, 3.8) is 0 Å². The van der Waals surface area contributed by atoms with E-state index in [1.807, 2.05) is 17.9 Å². The maximum absolute atomic E-state index is 14.1.